The van der Waals surface area contributed by atoms with Gasteiger partial charge in [0.2, 0.25) is 0 Å². The Kier molecular flexibility index (Phi) is 2.31. The van der Waals surface area contributed by atoms with Gasteiger partial charge < -0.3 is 5.73 Å². The lowest BCUT2D eigenvalue weighted by Gasteiger charge is -2.03. The number of aromatic nitrogens is 1. The Bertz CT molecular complexity index is 644. The molecule has 5 nitrogen and oxygen atoms in total. The quantitative estimate of drug-likeness (QED) is 0.665. The lowest BCUT2D eigenvalue weighted by Crippen LogP contribution is -1.99. The Morgan fingerprint density at radius 3 is 2.89 bits per heavy atom. The lowest BCUT2D eigenvalue weighted by atomic mass is 10.0. The molecule has 0 aliphatic carbocycles. The molecule has 1 aromatic heterocycles. The predicted molar refractivity (Wildman–Crippen MR) is 65.5 cm³/mol. The third-order valence-electron chi connectivity index (χ3n) is 2.93. The number of nitrogens with two attached hydrogens (primary N) is 1. The second-order valence-corrected chi connectivity index (χ2v) is 3.93. The maximum Gasteiger partial charge on any atom is 0.184 e. The van der Waals surface area contributed by atoms with Gasteiger partial charge in [0, 0.05) is 23.9 Å². The standard InChI is InChI=1S/C12H9FN4O/c13-10-5-7(1-2-8(10)6-14)9-3-4-15-12-11(9)17(12)16-18/h1-5H,6,14H2. The van der Waals surface area contributed by atoms with Crippen molar-refractivity contribution < 1.29 is 4.39 Å². The average Bonchev–Trinajstić information content (AvgIpc) is 3.11. The number of hydrogen-bond donors (Lipinski definition) is 1. The Balaban J connectivity index is 2.08. The normalized spacial score (nSPS) is 12.2. The summed E-state index contributed by atoms with van der Waals surface area (Å²) >= 11 is 0. The highest BCUT2D eigenvalue weighted by Crippen LogP contribution is 2.52. The van der Waals surface area contributed by atoms with E-state index in [2.05, 4.69) is 10.3 Å². The van der Waals surface area contributed by atoms with E-state index in [0.29, 0.717) is 22.6 Å². The Morgan fingerprint density at radius 2 is 2.22 bits per heavy atom. The van der Waals surface area contributed by atoms with Gasteiger partial charge in [-0.25, -0.2) is 9.37 Å². The van der Waals surface area contributed by atoms with Gasteiger partial charge in [-0.2, -0.15) is 5.01 Å². The zero-order valence-corrected chi connectivity index (χ0v) is 9.30. The summed E-state index contributed by atoms with van der Waals surface area (Å²) in [4.78, 5) is 14.5. The SMILES string of the molecule is NCc1ccc(-c2ccnc3c2N3N=O)cc1F. The van der Waals surface area contributed by atoms with Crippen molar-refractivity contribution >= 4 is 11.5 Å². The van der Waals surface area contributed by atoms with Crippen molar-refractivity contribution in [2.24, 2.45) is 11.0 Å². The molecule has 1 aliphatic heterocycles. The first kappa shape index (κ1) is 10.8. The Labute approximate surface area is 102 Å². The van der Waals surface area contributed by atoms with Crippen LogP contribution in [0.25, 0.3) is 11.1 Å². The van der Waals surface area contributed by atoms with Crippen molar-refractivity contribution in [1.82, 2.24) is 4.98 Å². The molecule has 2 N–H and O–H groups in total. The molecule has 18 heavy (non-hydrogen) atoms. The highest BCUT2D eigenvalue weighted by Gasteiger charge is 2.36. The molecule has 2 aromatic rings. The smallest absolute Gasteiger partial charge is 0.184 e. The van der Waals surface area contributed by atoms with E-state index in [0.717, 1.165) is 5.56 Å². The van der Waals surface area contributed by atoms with E-state index in [1.54, 1.807) is 24.4 Å². The third kappa shape index (κ3) is 1.46. The Hall–Kier alpha value is -2.34. The molecule has 0 spiro atoms. The van der Waals surface area contributed by atoms with Crippen LogP contribution < -0.4 is 10.7 Å². The van der Waals surface area contributed by atoms with Gasteiger partial charge in [0.25, 0.3) is 0 Å². The molecule has 1 aromatic carbocycles. The number of pyridine rings is 1. The van der Waals surface area contributed by atoms with E-state index >= 15 is 0 Å². The fraction of sp³-hybridized carbons (Fsp3) is 0.0833. The summed E-state index contributed by atoms with van der Waals surface area (Å²) in [5.74, 6) is 0.164. The number of nitrogens with zero attached hydrogens (tertiary/aromatic N) is 3. The van der Waals surface area contributed by atoms with Crippen LogP contribution in [-0.2, 0) is 6.54 Å². The maximum atomic E-state index is 13.7. The van der Waals surface area contributed by atoms with Gasteiger partial charge in [-0.05, 0) is 17.7 Å². The number of halogens is 1. The molecule has 2 heterocycles. The second kappa shape index (κ2) is 3.85. The predicted octanol–water partition coefficient (Wildman–Crippen LogP) is 2.48. The van der Waals surface area contributed by atoms with E-state index in [9.17, 15) is 9.30 Å². The number of benzene rings is 1. The summed E-state index contributed by atoms with van der Waals surface area (Å²) in [7, 11) is 0. The number of hydrogen-bond acceptors (Lipinski definition) is 4. The molecule has 1 aliphatic rings. The van der Waals surface area contributed by atoms with Crippen LogP contribution in [0.2, 0.25) is 0 Å². The highest BCUT2D eigenvalue weighted by molar-refractivity contribution is 6.00. The lowest BCUT2D eigenvalue weighted by molar-refractivity contribution is 0.611. The minimum Gasteiger partial charge on any atom is -0.326 e. The molecule has 0 bridgehead atoms. The molecule has 6 heteroatoms. The van der Waals surface area contributed by atoms with Crippen molar-refractivity contribution in [2.75, 3.05) is 5.01 Å². The first-order valence-corrected chi connectivity index (χ1v) is 5.37. The molecule has 0 saturated heterocycles. The van der Waals surface area contributed by atoms with Gasteiger partial charge in [0.15, 0.2) is 5.82 Å². The molecule has 0 saturated carbocycles. The molecular formula is C12H9FN4O. The van der Waals surface area contributed by atoms with Crippen LogP contribution in [0, 0.1) is 10.7 Å². The molecule has 3 rings (SSSR count). The molecule has 0 fully saturated rings. The number of rotatable bonds is 3. The van der Waals surface area contributed by atoms with Crippen molar-refractivity contribution in [3.8, 4) is 11.1 Å². The molecular weight excluding hydrogens is 235 g/mol. The van der Waals surface area contributed by atoms with Crippen LogP contribution in [-0.4, -0.2) is 4.98 Å². The Morgan fingerprint density at radius 1 is 1.39 bits per heavy atom. The molecule has 0 amide bonds. The molecule has 90 valence electrons. The van der Waals surface area contributed by atoms with E-state index in [1.165, 1.54) is 11.1 Å². The number of nitroso groups, excluding NO2 is 1. The van der Waals surface area contributed by atoms with Crippen LogP contribution in [0.1, 0.15) is 5.56 Å². The molecule has 0 unspecified atom stereocenters. The van der Waals surface area contributed by atoms with Crippen molar-refractivity contribution in [3.05, 3.63) is 46.8 Å². The topological polar surface area (TPSA) is 71.3 Å². The van der Waals surface area contributed by atoms with E-state index < -0.39 is 0 Å². The fourth-order valence-electron chi connectivity index (χ4n) is 1.95. The maximum absolute atomic E-state index is 13.7. The third-order valence-corrected chi connectivity index (χ3v) is 2.93. The largest absolute Gasteiger partial charge is 0.326 e. The van der Waals surface area contributed by atoms with Crippen LogP contribution in [0.5, 0.6) is 0 Å². The summed E-state index contributed by atoms with van der Waals surface area (Å²) in [6.07, 6.45) is 1.56. The van der Waals surface area contributed by atoms with Crippen molar-refractivity contribution in [1.29, 1.82) is 0 Å². The minimum atomic E-state index is -0.355. The zero-order chi connectivity index (χ0) is 12.7. The van der Waals surface area contributed by atoms with Gasteiger partial charge in [0.1, 0.15) is 11.5 Å². The van der Waals surface area contributed by atoms with E-state index in [-0.39, 0.29) is 12.4 Å². The van der Waals surface area contributed by atoms with Gasteiger partial charge in [-0.1, -0.05) is 12.1 Å². The molecule has 0 atom stereocenters. The first-order chi connectivity index (χ1) is 8.76. The van der Waals surface area contributed by atoms with Gasteiger partial charge in [-0.3, -0.25) is 0 Å². The summed E-state index contributed by atoms with van der Waals surface area (Å²) in [6.45, 7) is 0.155. The molecule has 0 radical (unpaired) electrons. The van der Waals surface area contributed by atoms with Gasteiger partial charge in [-0.15, -0.1) is 4.91 Å². The summed E-state index contributed by atoms with van der Waals surface area (Å²) in [5, 5.41) is 4.00. The van der Waals surface area contributed by atoms with Gasteiger partial charge >= 0.3 is 0 Å². The first-order valence-electron chi connectivity index (χ1n) is 5.37. The van der Waals surface area contributed by atoms with Crippen LogP contribution >= 0.6 is 0 Å². The highest BCUT2D eigenvalue weighted by atomic mass is 19.1. The summed E-state index contributed by atoms with van der Waals surface area (Å²) in [6, 6.07) is 6.53. The van der Waals surface area contributed by atoms with E-state index in [4.69, 9.17) is 5.73 Å². The zero-order valence-electron chi connectivity index (χ0n) is 9.30. The fourth-order valence-corrected chi connectivity index (χ4v) is 1.95. The van der Waals surface area contributed by atoms with Crippen LogP contribution in [0.4, 0.5) is 15.9 Å². The van der Waals surface area contributed by atoms with Crippen LogP contribution in [0.3, 0.4) is 0 Å². The summed E-state index contributed by atoms with van der Waals surface area (Å²) < 4.78 is 13.7. The van der Waals surface area contributed by atoms with Crippen molar-refractivity contribution in [3.63, 3.8) is 0 Å². The van der Waals surface area contributed by atoms with Crippen molar-refractivity contribution in [2.45, 2.75) is 6.54 Å². The summed E-state index contributed by atoms with van der Waals surface area (Å²) in [5.41, 5.74) is 7.91. The van der Waals surface area contributed by atoms with Crippen LogP contribution in [0.15, 0.2) is 35.7 Å². The van der Waals surface area contributed by atoms with Gasteiger partial charge in [0.05, 0.1) is 5.29 Å². The second-order valence-electron chi connectivity index (χ2n) is 3.93. The number of anilines is 2. The minimum absolute atomic E-state index is 0.155. The average molecular weight is 244 g/mol. The number of fused-ring (bicyclic) bond motifs is 1. The monoisotopic (exact) mass is 244 g/mol. The van der Waals surface area contributed by atoms with E-state index in [1.807, 2.05) is 0 Å².